The highest BCUT2D eigenvalue weighted by Crippen LogP contribution is 2.53. The Labute approximate surface area is 170 Å². The Bertz CT molecular complexity index is 1060. The van der Waals surface area contributed by atoms with Gasteiger partial charge in [0.1, 0.15) is 5.75 Å². The lowest BCUT2D eigenvalue weighted by Gasteiger charge is -2.32. The molecule has 1 nitrogen and oxygen atoms in total. The number of ether oxygens (including phenoxy) is 1. The molecule has 0 spiro atoms. The van der Waals surface area contributed by atoms with Crippen LogP contribution in [0.25, 0.3) is 9.81 Å². The van der Waals surface area contributed by atoms with E-state index in [4.69, 9.17) is 4.74 Å². The summed E-state index contributed by atoms with van der Waals surface area (Å²) in [5.41, 5.74) is 7.06. The van der Waals surface area contributed by atoms with Crippen molar-refractivity contribution in [3.05, 3.63) is 113 Å². The van der Waals surface area contributed by atoms with Crippen LogP contribution in [0.3, 0.4) is 0 Å². The SMILES string of the molecule is COc1ccc(C2C=C(c3ccccc3)SC3=C2CCc2ccccc23)cc1. The zero-order valence-corrected chi connectivity index (χ0v) is 16.7. The summed E-state index contributed by atoms with van der Waals surface area (Å²) in [7, 11) is 1.72. The average molecular weight is 383 g/mol. The van der Waals surface area contributed by atoms with E-state index in [0.29, 0.717) is 5.92 Å². The van der Waals surface area contributed by atoms with Crippen LogP contribution >= 0.6 is 11.8 Å². The minimum absolute atomic E-state index is 0.311. The first kappa shape index (κ1) is 17.4. The van der Waals surface area contributed by atoms with Crippen LogP contribution in [0.15, 0.2) is 90.5 Å². The summed E-state index contributed by atoms with van der Waals surface area (Å²) in [5, 5.41) is 0. The highest BCUT2D eigenvalue weighted by molar-refractivity contribution is 8.16. The van der Waals surface area contributed by atoms with Gasteiger partial charge in [0.2, 0.25) is 0 Å². The number of benzene rings is 3. The largest absolute Gasteiger partial charge is 0.497 e. The van der Waals surface area contributed by atoms with Crippen molar-refractivity contribution in [2.24, 2.45) is 0 Å². The molecule has 0 radical (unpaired) electrons. The number of aryl methyl sites for hydroxylation is 1. The number of fused-ring (bicyclic) bond motifs is 2. The van der Waals surface area contributed by atoms with Crippen molar-refractivity contribution in [1.29, 1.82) is 0 Å². The summed E-state index contributed by atoms with van der Waals surface area (Å²) >= 11 is 1.93. The van der Waals surface area contributed by atoms with Gasteiger partial charge in [0.05, 0.1) is 7.11 Å². The van der Waals surface area contributed by atoms with E-state index < -0.39 is 0 Å². The van der Waals surface area contributed by atoms with Gasteiger partial charge in [-0.3, -0.25) is 0 Å². The van der Waals surface area contributed by atoms with Crippen LogP contribution in [0.2, 0.25) is 0 Å². The normalized spacial score (nSPS) is 18.2. The molecule has 1 aliphatic carbocycles. The van der Waals surface area contributed by atoms with E-state index in [-0.39, 0.29) is 0 Å². The second-order valence-corrected chi connectivity index (χ2v) is 8.31. The maximum Gasteiger partial charge on any atom is 0.118 e. The first-order chi connectivity index (χ1) is 13.8. The first-order valence-corrected chi connectivity index (χ1v) is 10.6. The van der Waals surface area contributed by atoms with Crippen molar-refractivity contribution >= 4 is 21.6 Å². The first-order valence-electron chi connectivity index (χ1n) is 9.74. The van der Waals surface area contributed by atoms with Crippen molar-refractivity contribution in [2.75, 3.05) is 7.11 Å². The fourth-order valence-electron chi connectivity index (χ4n) is 4.20. The molecule has 3 aromatic carbocycles. The molecule has 28 heavy (non-hydrogen) atoms. The number of thioether (sulfide) groups is 1. The van der Waals surface area contributed by atoms with Gasteiger partial charge in [0.15, 0.2) is 0 Å². The minimum atomic E-state index is 0.311. The molecular formula is C26H22OS. The summed E-state index contributed by atoms with van der Waals surface area (Å²) in [4.78, 5) is 2.79. The van der Waals surface area contributed by atoms with Crippen LogP contribution in [-0.4, -0.2) is 7.11 Å². The third-order valence-electron chi connectivity index (χ3n) is 5.66. The molecule has 138 valence electrons. The van der Waals surface area contributed by atoms with E-state index in [1.54, 1.807) is 12.7 Å². The number of hydrogen-bond donors (Lipinski definition) is 0. The lowest BCUT2D eigenvalue weighted by molar-refractivity contribution is 0.414. The van der Waals surface area contributed by atoms with E-state index in [1.165, 1.54) is 32.1 Å². The van der Waals surface area contributed by atoms with Gasteiger partial charge in [0.25, 0.3) is 0 Å². The van der Waals surface area contributed by atoms with Crippen molar-refractivity contribution in [2.45, 2.75) is 18.8 Å². The lowest BCUT2D eigenvalue weighted by Crippen LogP contribution is -2.12. The Hall–Kier alpha value is -2.71. The molecule has 3 aromatic rings. The third-order valence-corrected chi connectivity index (χ3v) is 6.93. The van der Waals surface area contributed by atoms with Gasteiger partial charge in [-0.1, -0.05) is 84.6 Å². The zero-order valence-electron chi connectivity index (χ0n) is 15.9. The molecule has 0 aromatic heterocycles. The van der Waals surface area contributed by atoms with E-state index >= 15 is 0 Å². The molecule has 0 saturated carbocycles. The fraction of sp³-hybridized carbons (Fsp3) is 0.154. The summed E-state index contributed by atoms with van der Waals surface area (Å²) in [6, 6.07) is 28.2. The standard InChI is InChI=1S/C26H22OS/c1-27-21-14-11-19(12-15-21)24-17-25(20-8-3-2-4-9-20)28-26-22-10-6-5-7-18(22)13-16-23(24)26/h2-12,14-15,17,24H,13,16H2,1H3. The Morgan fingerprint density at radius 3 is 2.36 bits per heavy atom. The number of allylic oxidation sites excluding steroid dienone is 2. The number of hydrogen-bond acceptors (Lipinski definition) is 2. The Morgan fingerprint density at radius 2 is 1.57 bits per heavy atom. The molecule has 2 aliphatic rings. The lowest BCUT2D eigenvalue weighted by atomic mass is 9.81. The summed E-state index contributed by atoms with van der Waals surface area (Å²) in [6.07, 6.45) is 4.69. The van der Waals surface area contributed by atoms with Crippen molar-refractivity contribution in [3.63, 3.8) is 0 Å². The van der Waals surface area contributed by atoms with Crippen molar-refractivity contribution in [1.82, 2.24) is 0 Å². The van der Waals surface area contributed by atoms with Crippen molar-refractivity contribution < 1.29 is 4.74 Å². The van der Waals surface area contributed by atoms with Crippen LogP contribution in [0.5, 0.6) is 5.75 Å². The molecule has 1 atom stereocenters. The molecule has 2 heteroatoms. The molecule has 1 aliphatic heterocycles. The highest BCUT2D eigenvalue weighted by atomic mass is 32.2. The fourth-order valence-corrected chi connectivity index (χ4v) is 5.54. The zero-order chi connectivity index (χ0) is 18.9. The summed E-state index contributed by atoms with van der Waals surface area (Å²) in [6.45, 7) is 0. The summed E-state index contributed by atoms with van der Waals surface area (Å²) < 4.78 is 5.37. The molecule has 0 amide bonds. The number of methoxy groups -OCH3 is 1. The minimum Gasteiger partial charge on any atom is -0.497 e. The van der Waals surface area contributed by atoms with Gasteiger partial charge < -0.3 is 4.74 Å². The quantitative estimate of drug-likeness (QED) is 0.486. The molecule has 5 rings (SSSR count). The van der Waals surface area contributed by atoms with Crippen LogP contribution < -0.4 is 4.74 Å². The predicted molar refractivity (Wildman–Crippen MR) is 119 cm³/mol. The molecule has 0 N–H and O–H groups in total. The molecule has 1 unspecified atom stereocenters. The maximum atomic E-state index is 5.37. The van der Waals surface area contributed by atoms with Crippen LogP contribution in [-0.2, 0) is 6.42 Å². The molecular weight excluding hydrogens is 360 g/mol. The molecule has 0 bridgehead atoms. The molecule has 1 heterocycles. The Morgan fingerprint density at radius 1 is 0.821 bits per heavy atom. The second-order valence-electron chi connectivity index (χ2n) is 7.26. The van der Waals surface area contributed by atoms with E-state index in [1.807, 2.05) is 11.8 Å². The number of rotatable bonds is 3. The van der Waals surface area contributed by atoms with E-state index in [0.717, 1.165) is 18.6 Å². The Kier molecular flexibility index (Phi) is 4.58. The van der Waals surface area contributed by atoms with Gasteiger partial charge in [-0.05, 0) is 52.8 Å². The predicted octanol–water partition coefficient (Wildman–Crippen LogP) is 6.92. The highest BCUT2D eigenvalue weighted by Gasteiger charge is 2.30. The van der Waals surface area contributed by atoms with Gasteiger partial charge in [-0.15, -0.1) is 0 Å². The molecule has 0 saturated heterocycles. The van der Waals surface area contributed by atoms with Crippen LogP contribution in [0, 0.1) is 0 Å². The van der Waals surface area contributed by atoms with Gasteiger partial charge in [-0.2, -0.15) is 0 Å². The van der Waals surface area contributed by atoms with Gasteiger partial charge in [-0.25, -0.2) is 0 Å². The van der Waals surface area contributed by atoms with E-state index in [9.17, 15) is 0 Å². The smallest absolute Gasteiger partial charge is 0.118 e. The van der Waals surface area contributed by atoms with Crippen LogP contribution in [0.4, 0.5) is 0 Å². The summed E-state index contributed by atoms with van der Waals surface area (Å²) in [5.74, 6) is 1.22. The van der Waals surface area contributed by atoms with E-state index in [2.05, 4.69) is 84.9 Å². The average Bonchev–Trinajstić information content (AvgIpc) is 2.79. The van der Waals surface area contributed by atoms with Crippen LogP contribution in [0.1, 0.15) is 34.6 Å². The second kappa shape index (κ2) is 7.37. The third kappa shape index (κ3) is 3.08. The van der Waals surface area contributed by atoms with Gasteiger partial charge >= 0.3 is 0 Å². The Balaban J connectivity index is 1.65. The van der Waals surface area contributed by atoms with Gasteiger partial charge in [0, 0.05) is 15.7 Å². The topological polar surface area (TPSA) is 9.23 Å². The maximum absolute atomic E-state index is 5.37. The van der Waals surface area contributed by atoms with Crippen molar-refractivity contribution in [3.8, 4) is 5.75 Å². The molecule has 0 fully saturated rings. The monoisotopic (exact) mass is 382 g/mol.